The van der Waals surface area contributed by atoms with Crippen molar-refractivity contribution in [1.29, 1.82) is 0 Å². The highest BCUT2D eigenvalue weighted by Gasteiger charge is 2.47. The minimum atomic E-state index is -2.05. The Morgan fingerprint density at radius 3 is 1.38 bits per heavy atom. The van der Waals surface area contributed by atoms with Crippen molar-refractivity contribution in [3.8, 4) is 0 Å². The lowest BCUT2D eigenvalue weighted by Gasteiger charge is -2.27. The summed E-state index contributed by atoms with van der Waals surface area (Å²) in [7, 11) is -2.05. The number of hydrogen-bond acceptors (Lipinski definition) is 1. The molecule has 0 unspecified atom stereocenters. The van der Waals surface area contributed by atoms with Gasteiger partial charge in [0.1, 0.15) is 23.2 Å². The summed E-state index contributed by atoms with van der Waals surface area (Å²) in [6, 6.07) is 31.4. The monoisotopic (exact) mass is 383 g/mol. The van der Waals surface area contributed by atoms with E-state index in [1.54, 1.807) is 0 Å². The van der Waals surface area contributed by atoms with Crippen LogP contribution in [0.5, 0.6) is 0 Å². The first kappa shape index (κ1) is 20.2. The van der Waals surface area contributed by atoms with Crippen molar-refractivity contribution in [3.05, 3.63) is 91.0 Å². The van der Waals surface area contributed by atoms with E-state index < -0.39 is 7.26 Å². The van der Waals surface area contributed by atoms with Gasteiger partial charge in [0.05, 0.1) is 0 Å². The summed E-state index contributed by atoms with van der Waals surface area (Å²) in [6.07, 6.45) is 0.485. The molecular formula is C22H23ClNOP. The van der Waals surface area contributed by atoms with Crippen molar-refractivity contribution in [2.24, 2.45) is 0 Å². The van der Waals surface area contributed by atoms with Crippen LogP contribution in [0.2, 0.25) is 0 Å². The van der Waals surface area contributed by atoms with E-state index in [0.29, 0.717) is 12.7 Å². The molecular weight excluding hydrogens is 361 g/mol. The van der Waals surface area contributed by atoms with Crippen molar-refractivity contribution in [2.75, 3.05) is 12.7 Å². The van der Waals surface area contributed by atoms with Gasteiger partial charge in [-0.15, -0.1) is 0 Å². The summed E-state index contributed by atoms with van der Waals surface area (Å²) in [6.45, 7) is 2.61. The van der Waals surface area contributed by atoms with Crippen molar-refractivity contribution < 1.29 is 17.2 Å². The van der Waals surface area contributed by atoms with E-state index in [4.69, 9.17) is 0 Å². The Balaban J connectivity index is 0.00000243. The molecule has 1 amide bonds. The quantitative estimate of drug-likeness (QED) is 0.602. The number of halogens is 1. The van der Waals surface area contributed by atoms with Crippen LogP contribution in [0, 0.1) is 0 Å². The van der Waals surface area contributed by atoms with Gasteiger partial charge in [0, 0.05) is 6.54 Å². The zero-order valence-corrected chi connectivity index (χ0v) is 16.5. The second-order valence-electron chi connectivity index (χ2n) is 5.93. The summed E-state index contributed by atoms with van der Waals surface area (Å²) >= 11 is 0. The molecule has 0 saturated heterocycles. The van der Waals surface area contributed by atoms with E-state index in [2.05, 4.69) is 78.1 Å². The highest BCUT2D eigenvalue weighted by Crippen LogP contribution is 2.54. The molecule has 0 aliphatic carbocycles. The Bertz CT molecular complexity index is 713. The molecule has 0 saturated carbocycles. The average Bonchev–Trinajstić information content (AvgIpc) is 2.68. The van der Waals surface area contributed by atoms with E-state index in [-0.39, 0.29) is 18.3 Å². The number of carbonyl (C=O) groups is 1. The SMILES string of the molecule is CCNC(=O)C[P+](c1ccccc1)(c1ccccc1)c1ccccc1.[Cl-]. The van der Waals surface area contributed by atoms with Gasteiger partial charge in [-0.2, -0.15) is 0 Å². The van der Waals surface area contributed by atoms with Gasteiger partial charge in [-0.25, -0.2) is 0 Å². The highest BCUT2D eigenvalue weighted by molar-refractivity contribution is 7.96. The molecule has 1 N–H and O–H groups in total. The van der Waals surface area contributed by atoms with Crippen molar-refractivity contribution in [3.63, 3.8) is 0 Å². The highest BCUT2D eigenvalue weighted by atomic mass is 35.5. The first-order chi connectivity index (χ1) is 12.3. The normalized spacial score (nSPS) is 10.7. The molecule has 0 atom stereocenters. The Kier molecular flexibility index (Phi) is 7.38. The third kappa shape index (κ3) is 4.15. The van der Waals surface area contributed by atoms with Crippen LogP contribution in [0.1, 0.15) is 6.92 Å². The second kappa shape index (κ2) is 9.52. The first-order valence-electron chi connectivity index (χ1n) is 8.59. The maximum Gasteiger partial charge on any atom is 0.258 e. The Morgan fingerprint density at radius 2 is 1.08 bits per heavy atom. The largest absolute Gasteiger partial charge is 1.00 e. The lowest BCUT2D eigenvalue weighted by molar-refractivity contribution is -0.118. The fourth-order valence-electron chi connectivity index (χ4n) is 3.24. The van der Waals surface area contributed by atoms with Crippen molar-refractivity contribution in [1.82, 2.24) is 5.32 Å². The molecule has 0 aliphatic heterocycles. The van der Waals surface area contributed by atoms with E-state index in [1.165, 1.54) is 15.9 Å². The molecule has 3 rings (SSSR count). The number of nitrogens with one attached hydrogen (secondary N) is 1. The van der Waals surface area contributed by atoms with E-state index >= 15 is 0 Å². The van der Waals surface area contributed by atoms with Crippen LogP contribution in [-0.4, -0.2) is 18.6 Å². The molecule has 0 heterocycles. The minimum Gasteiger partial charge on any atom is -1.00 e. The lowest BCUT2D eigenvalue weighted by Crippen LogP contribution is -3.00. The van der Waals surface area contributed by atoms with Crippen LogP contribution in [0.4, 0.5) is 0 Å². The molecule has 0 radical (unpaired) electrons. The lowest BCUT2D eigenvalue weighted by atomic mass is 10.4. The van der Waals surface area contributed by atoms with E-state index in [1.807, 2.05) is 25.1 Å². The second-order valence-corrected chi connectivity index (χ2v) is 9.41. The molecule has 0 fully saturated rings. The standard InChI is InChI=1S/C22H22NOP.ClH/c1-2-23-22(24)18-25(19-12-6-3-7-13-19,20-14-8-4-9-15-20)21-16-10-5-11-17-21;/h3-17H,2,18H2,1H3;1H. The molecule has 0 aromatic heterocycles. The van der Waals surface area contributed by atoms with E-state index in [0.717, 1.165) is 0 Å². The summed E-state index contributed by atoms with van der Waals surface area (Å²) < 4.78 is 0. The molecule has 26 heavy (non-hydrogen) atoms. The fourth-order valence-corrected chi connectivity index (χ4v) is 7.27. The van der Waals surface area contributed by atoms with Gasteiger partial charge in [0.25, 0.3) is 5.91 Å². The van der Waals surface area contributed by atoms with Gasteiger partial charge in [-0.3, -0.25) is 4.79 Å². The number of hydrogen-bond donors (Lipinski definition) is 1. The molecule has 134 valence electrons. The zero-order chi connectivity index (χ0) is 17.5. The van der Waals surface area contributed by atoms with Gasteiger partial charge in [-0.05, 0) is 43.3 Å². The summed E-state index contributed by atoms with van der Waals surface area (Å²) in [5, 5.41) is 6.70. The van der Waals surface area contributed by atoms with Crippen molar-refractivity contribution >= 4 is 29.1 Å². The number of rotatable bonds is 6. The number of amides is 1. The number of carbonyl (C=O) groups excluding carboxylic acids is 1. The first-order valence-corrected chi connectivity index (χ1v) is 10.6. The van der Waals surface area contributed by atoms with Crippen LogP contribution in [0.25, 0.3) is 0 Å². The topological polar surface area (TPSA) is 29.1 Å². The Morgan fingerprint density at radius 1 is 0.731 bits per heavy atom. The third-order valence-corrected chi connectivity index (χ3v) is 8.65. The smallest absolute Gasteiger partial charge is 0.258 e. The molecule has 4 heteroatoms. The molecule has 0 aliphatic rings. The molecule has 3 aromatic carbocycles. The van der Waals surface area contributed by atoms with Crippen LogP contribution in [0.15, 0.2) is 91.0 Å². The third-order valence-electron chi connectivity index (χ3n) is 4.35. The predicted octanol–water partition coefficient (Wildman–Crippen LogP) is 0.121. The van der Waals surface area contributed by atoms with Gasteiger partial charge in [0.2, 0.25) is 0 Å². The van der Waals surface area contributed by atoms with Gasteiger partial charge >= 0.3 is 0 Å². The molecule has 2 nitrogen and oxygen atoms in total. The van der Waals surface area contributed by atoms with Crippen LogP contribution < -0.4 is 33.6 Å². The molecule has 0 bridgehead atoms. The number of benzene rings is 3. The van der Waals surface area contributed by atoms with Gasteiger partial charge < -0.3 is 17.7 Å². The predicted molar refractivity (Wildman–Crippen MR) is 109 cm³/mol. The van der Waals surface area contributed by atoms with E-state index in [9.17, 15) is 4.79 Å². The van der Waals surface area contributed by atoms with Crippen molar-refractivity contribution in [2.45, 2.75) is 6.92 Å². The maximum atomic E-state index is 12.7. The maximum absolute atomic E-state index is 12.7. The van der Waals surface area contributed by atoms with Crippen LogP contribution >= 0.6 is 7.26 Å². The zero-order valence-electron chi connectivity index (χ0n) is 14.8. The van der Waals surface area contributed by atoms with Crippen LogP contribution in [0.3, 0.4) is 0 Å². The Labute approximate surface area is 162 Å². The minimum absolute atomic E-state index is 0. The molecule has 0 spiro atoms. The summed E-state index contributed by atoms with van der Waals surface area (Å²) in [4.78, 5) is 12.7. The fraction of sp³-hybridized carbons (Fsp3) is 0.136. The van der Waals surface area contributed by atoms with Crippen LogP contribution in [-0.2, 0) is 4.79 Å². The van der Waals surface area contributed by atoms with Gasteiger partial charge in [0.15, 0.2) is 6.16 Å². The Hall–Kier alpha value is -2.15. The van der Waals surface area contributed by atoms with Gasteiger partial charge in [-0.1, -0.05) is 54.6 Å². The summed E-state index contributed by atoms with van der Waals surface area (Å²) in [5.41, 5.74) is 0. The summed E-state index contributed by atoms with van der Waals surface area (Å²) in [5.74, 6) is 0.104. The average molecular weight is 384 g/mol. The molecule has 3 aromatic rings.